The summed E-state index contributed by atoms with van der Waals surface area (Å²) in [6.07, 6.45) is 4.22. The van der Waals surface area contributed by atoms with Gasteiger partial charge in [-0.15, -0.1) is 11.3 Å². The summed E-state index contributed by atoms with van der Waals surface area (Å²) >= 11 is 1.53. The highest BCUT2D eigenvalue weighted by Crippen LogP contribution is 2.30. The Hall–Kier alpha value is -3.08. The minimum atomic E-state index is -3.83. The zero-order chi connectivity index (χ0) is 24.3. The molecule has 0 saturated carbocycles. The number of aryl methyl sites for hydroxylation is 1. The van der Waals surface area contributed by atoms with Crippen molar-refractivity contribution in [3.63, 3.8) is 0 Å². The van der Waals surface area contributed by atoms with Crippen LogP contribution in [-0.4, -0.2) is 42.7 Å². The van der Waals surface area contributed by atoms with Crippen LogP contribution in [0.3, 0.4) is 0 Å². The number of benzene rings is 1. The lowest BCUT2D eigenvalue weighted by molar-refractivity contribution is -0.120. The first-order valence-electron chi connectivity index (χ1n) is 10.9. The zero-order valence-corrected chi connectivity index (χ0v) is 20.5. The molecule has 10 heteroatoms. The Morgan fingerprint density at radius 3 is 2.47 bits per heavy atom. The van der Waals surface area contributed by atoms with Crippen LogP contribution in [0, 0.1) is 12.8 Å². The van der Waals surface area contributed by atoms with E-state index >= 15 is 0 Å². The molecule has 1 aliphatic rings. The van der Waals surface area contributed by atoms with Gasteiger partial charge in [0.05, 0.1) is 0 Å². The Morgan fingerprint density at radius 1 is 1.15 bits per heavy atom. The van der Waals surface area contributed by atoms with E-state index in [1.54, 1.807) is 43.3 Å². The second kappa shape index (κ2) is 10.0. The number of nitrogens with zero attached hydrogens (tertiary/aromatic N) is 2. The van der Waals surface area contributed by atoms with Crippen molar-refractivity contribution < 1.29 is 22.5 Å². The summed E-state index contributed by atoms with van der Waals surface area (Å²) in [4.78, 5) is 25.1. The van der Waals surface area contributed by atoms with Crippen LogP contribution in [0.5, 0.6) is 0 Å². The van der Waals surface area contributed by atoms with E-state index in [4.69, 9.17) is 4.52 Å². The van der Waals surface area contributed by atoms with Gasteiger partial charge in [0.15, 0.2) is 16.4 Å². The summed E-state index contributed by atoms with van der Waals surface area (Å²) < 4.78 is 33.4. The van der Waals surface area contributed by atoms with Gasteiger partial charge in [-0.3, -0.25) is 9.59 Å². The van der Waals surface area contributed by atoms with Gasteiger partial charge in [-0.2, -0.15) is 4.31 Å². The second-order valence-corrected chi connectivity index (χ2v) is 11.0. The van der Waals surface area contributed by atoms with E-state index in [1.165, 1.54) is 22.6 Å². The second-order valence-electron chi connectivity index (χ2n) is 8.11. The fraction of sp³-hybridized carbons (Fsp3) is 0.292. The van der Waals surface area contributed by atoms with E-state index in [9.17, 15) is 18.0 Å². The van der Waals surface area contributed by atoms with Gasteiger partial charge in [0.2, 0.25) is 15.9 Å². The quantitative estimate of drug-likeness (QED) is 0.481. The van der Waals surface area contributed by atoms with Crippen molar-refractivity contribution in [1.29, 1.82) is 0 Å². The molecule has 1 amide bonds. The fourth-order valence-corrected chi connectivity index (χ4v) is 6.20. The lowest BCUT2D eigenvalue weighted by Crippen LogP contribution is -2.41. The number of anilines is 1. The molecule has 2 aromatic heterocycles. The minimum Gasteiger partial charge on any atom is -0.355 e. The predicted molar refractivity (Wildman–Crippen MR) is 131 cm³/mol. The smallest absolute Gasteiger partial charge is 0.248 e. The standard InChI is InChI=1S/C24H25N3O5S2/c1-16-23(22(32-26-16)10-9-21-4-3-15-33-21)34(30,31)27-13-11-19(12-14-27)24(29)25-20-7-5-18(6-8-20)17(2)28/h3-10,15,19H,11-14H2,1-2H3,(H,25,29)/b10-9+. The zero-order valence-electron chi connectivity index (χ0n) is 18.9. The average molecular weight is 500 g/mol. The number of sulfonamides is 1. The van der Waals surface area contributed by atoms with Gasteiger partial charge in [0, 0.05) is 35.1 Å². The van der Waals surface area contributed by atoms with E-state index < -0.39 is 10.0 Å². The Kier molecular flexibility index (Phi) is 7.11. The molecule has 1 saturated heterocycles. The normalized spacial score (nSPS) is 15.6. The van der Waals surface area contributed by atoms with E-state index in [-0.39, 0.29) is 41.4 Å². The number of aromatic nitrogens is 1. The summed E-state index contributed by atoms with van der Waals surface area (Å²) in [5.41, 5.74) is 1.48. The first-order valence-corrected chi connectivity index (χ1v) is 13.2. The number of carbonyl (C=O) groups excluding carboxylic acids is 2. The topological polar surface area (TPSA) is 110 Å². The van der Waals surface area contributed by atoms with Crippen molar-refractivity contribution >= 4 is 50.9 Å². The summed E-state index contributed by atoms with van der Waals surface area (Å²) in [5.74, 6) is -0.312. The molecule has 0 unspecified atom stereocenters. The number of hydrogen-bond donors (Lipinski definition) is 1. The SMILES string of the molecule is CC(=O)c1ccc(NC(=O)C2CCN(S(=O)(=O)c3c(C)noc3/C=C/c3cccs3)CC2)cc1. The van der Waals surface area contributed by atoms with Crippen LogP contribution in [0.4, 0.5) is 5.69 Å². The van der Waals surface area contributed by atoms with Crippen LogP contribution in [0.25, 0.3) is 12.2 Å². The minimum absolute atomic E-state index is 0.0420. The molecular formula is C24H25N3O5S2. The maximum atomic E-state index is 13.4. The summed E-state index contributed by atoms with van der Waals surface area (Å²) in [5, 5.41) is 8.66. The number of rotatable bonds is 7. The van der Waals surface area contributed by atoms with Gasteiger partial charge in [0.1, 0.15) is 5.69 Å². The van der Waals surface area contributed by atoms with Gasteiger partial charge < -0.3 is 9.84 Å². The van der Waals surface area contributed by atoms with Crippen LogP contribution in [0.15, 0.2) is 51.2 Å². The maximum Gasteiger partial charge on any atom is 0.248 e. The highest BCUT2D eigenvalue weighted by atomic mass is 32.2. The molecule has 3 heterocycles. The number of piperidine rings is 1. The van der Waals surface area contributed by atoms with Crippen LogP contribution in [0.1, 0.15) is 46.5 Å². The summed E-state index contributed by atoms with van der Waals surface area (Å²) in [7, 11) is -3.83. The van der Waals surface area contributed by atoms with Gasteiger partial charge in [-0.05, 0) is 74.6 Å². The van der Waals surface area contributed by atoms with Crippen molar-refractivity contribution in [2.75, 3.05) is 18.4 Å². The molecule has 4 rings (SSSR count). The Bertz CT molecular complexity index is 1300. The molecule has 3 aromatic rings. The third-order valence-electron chi connectivity index (χ3n) is 5.76. The first kappa shape index (κ1) is 24.1. The third kappa shape index (κ3) is 5.19. The predicted octanol–water partition coefficient (Wildman–Crippen LogP) is 4.46. The molecule has 8 nitrogen and oxygen atoms in total. The third-order valence-corrected chi connectivity index (χ3v) is 8.65. The van der Waals surface area contributed by atoms with Crippen molar-refractivity contribution in [1.82, 2.24) is 9.46 Å². The van der Waals surface area contributed by atoms with E-state index in [0.717, 1.165) is 4.88 Å². The molecule has 178 valence electrons. The van der Waals surface area contributed by atoms with Crippen LogP contribution < -0.4 is 5.32 Å². The highest BCUT2D eigenvalue weighted by Gasteiger charge is 2.36. The molecule has 1 aromatic carbocycles. The molecule has 34 heavy (non-hydrogen) atoms. The molecule has 1 N–H and O–H groups in total. The number of thiophene rings is 1. The summed E-state index contributed by atoms with van der Waals surface area (Å²) in [6.45, 7) is 3.54. The first-order chi connectivity index (χ1) is 16.3. The molecular weight excluding hydrogens is 474 g/mol. The van der Waals surface area contributed by atoms with E-state index in [0.29, 0.717) is 29.8 Å². The van der Waals surface area contributed by atoms with E-state index in [1.807, 2.05) is 17.5 Å². The molecule has 0 aliphatic carbocycles. The highest BCUT2D eigenvalue weighted by molar-refractivity contribution is 7.89. The van der Waals surface area contributed by atoms with Crippen molar-refractivity contribution in [2.24, 2.45) is 5.92 Å². The lowest BCUT2D eigenvalue weighted by atomic mass is 9.97. The fourth-order valence-electron chi connectivity index (χ4n) is 3.86. The molecule has 0 bridgehead atoms. The largest absolute Gasteiger partial charge is 0.355 e. The molecule has 0 radical (unpaired) electrons. The Labute approximate surface area is 202 Å². The van der Waals surface area contributed by atoms with Gasteiger partial charge in [0.25, 0.3) is 0 Å². The monoisotopic (exact) mass is 499 g/mol. The van der Waals surface area contributed by atoms with Gasteiger partial charge in [-0.1, -0.05) is 11.2 Å². The van der Waals surface area contributed by atoms with Gasteiger partial charge >= 0.3 is 0 Å². The van der Waals surface area contributed by atoms with Gasteiger partial charge in [-0.25, -0.2) is 8.42 Å². The maximum absolute atomic E-state index is 13.4. The van der Waals surface area contributed by atoms with Crippen molar-refractivity contribution in [3.8, 4) is 0 Å². The average Bonchev–Trinajstić information content (AvgIpc) is 3.47. The molecule has 0 spiro atoms. The number of carbonyl (C=O) groups is 2. The molecule has 0 atom stereocenters. The number of hydrogen-bond acceptors (Lipinski definition) is 7. The Morgan fingerprint density at radius 2 is 1.85 bits per heavy atom. The van der Waals surface area contributed by atoms with Crippen LogP contribution >= 0.6 is 11.3 Å². The van der Waals surface area contributed by atoms with Crippen LogP contribution in [0.2, 0.25) is 0 Å². The molecule has 1 fully saturated rings. The lowest BCUT2D eigenvalue weighted by Gasteiger charge is -2.30. The number of amides is 1. The van der Waals surface area contributed by atoms with Crippen molar-refractivity contribution in [2.45, 2.75) is 31.6 Å². The van der Waals surface area contributed by atoms with E-state index in [2.05, 4.69) is 10.5 Å². The number of Topliss-reactive ketones (excluding diaryl/α,β-unsaturated/α-hetero) is 1. The number of nitrogens with one attached hydrogen (secondary N) is 1. The van der Waals surface area contributed by atoms with Crippen LogP contribution in [-0.2, 0) is 14.8 Å². The molecule has 1 aliphatic heterocycles. The number of ketones is 1. The van der Waals surface area contributed by atoms with Crippen molar-refractivity contribution in [3.05, 3.63) is 63.7 Å². The Balaban J connectivity index is 1.41. The summed E-state index contributed by atoms with van der Waals surface area (Å²) in [6, 6.07) is 10.5.